The summed E-state index contributed by atoms with van der Waals surface area (Å²) in [6, 6.07) is 12.2. The summed E-state index contributed by atoms with van der Waals surface area (Å²) in [4.78, 5) is 6.42. The number of rotatable bonds is 5. The molecular weight excluding hydrogens is 300 g/mol. The minimum absolute atomic E-state index is 0.370. The second-order valence-corrected chi connectivity index (χ2v) is 7.08. The van der Waals surface area contributed by atoms with Crippen LogP contribution < -0.4 is 4.74 Å². The number of aromatic nitrogens is 1. The molecule has 1 N–H and O–H groups in total. The maximum atomic E-state index is 11.0. The van der Waals surface area contributed by atoms with Gasteiger partial charge >= 0.3 is 0 Å². The Hall–Kier alpha value is -1.91. The zero-order valence-electron chi connectivity index (χ0n) is 13.9. The summed E-state index contributed by atoms with van der Waals surface area (Å²) in [6.07, 6.45) is 6.60. The van der Waals surface area contributed by atoms with Crippen molar-refractivity contribution in [2.75, 3.05) is 26.2 Å². The Bertz CT molecular complexity index is 683. The van der Waals surface area contributed by atoms with Crippen molar-refractivity contribution >= 4 is 0 Å². The Morgan fingerprint density at radius 3 is 2.58 bits per heavy atom. The zero-order chi connectivity index (χ0) is 16.4. The van der Waals surface area contributed by atoms with E-state index in [0.29, 0.717) is 12.5 Å². The number of ether oxygens (including phenoxy) is 1. The minimum Gasteiger partial charge on any atom is -0.490 e. The van der Waals surface area contributed by atoms with Crippen LogP contribution in [0.15, 0.2) is 48.8 Å². The lowest BCUT2D eigenvalue weighted by Gasteiger charge is -2.50. The minimum atomic E-state index is -0.708. The molecule has 1 aromatic carbocycles. The van der Waals surface area contributed by atoms with Gasteiger partial charge in [-0.05, 0) is 61.2 Å². The summed E-state index contributed by atoms with van der Waals surface area (Å²) in [7, 11) is 0. The van der Waals surface area contributed by atoms with Crippen LogP contribution in [0.4, 0.5) is 0 Å². The lowest BCUT2D eigenvalue weighted by molar-refractivity contribution is -0.131. The first kappa shape index (κ1) is 15.6. The second-order valence-electron chi connectivity index (χ2n) is 7.08. The second kappa shape index (κ2) is 6.54. The van der Waals surface area contributed by atoms with Crippen molar-refractivity contribution in [1.29, 1.82) is 0 Å². The third kappa shape index (κ3) is 3.17. The summed E-state index contributed by atoms with van der Waals surface area (Å²) in [5.74, 6) is 1.24. The van der Waals surface area contributed by atoms with Crippen molar-refractivity contribution in [2.45, 2.75) is 24.9 Å². The molecule has 5 rings (SSSR count). The van der Waals surface area contributed by atoms with E-state index in [1.54, 1.807) is 0 Å². The molecule has 3 aliphatic heterocycles. The molecule has 0 radical (unpaired) electrons. The first-order valence-electron chi connectivity index (χ1n) is 8.77. The number of para-hydroxylation sites is 1. The van der Waals surface area contributed by atoms with Crippen LogP contribution in [0.5, 0.6) is 5.75 Å². The summed E-state index contributed by atoms with van der Waals surface area (Å²) in [5.41, 5.74) is 1.65. The molecule has 24 heavy (non-hydrogen) atoms. The highest BCUT2D eigenvalue weighted by Gasteiger charge is 2.46. The van der Waals surface area contributed by atoms with Crippen LogP contribution in [-0.2, 0) is 6.42 Å². The number of hydrogen-bond donors (Lipinski definition) is 1. The van der Waals surface area contributed by atoms with E-state index >= 15 is 0 Å². The fourth-order valence-electron chi connectivity index (χ4n) is 4.02. The Balaban J connectivity index is 1.47. The van der Waals surface area contributed by atoms with Gasteiger partial charge in [-0.25, -0.2) is 0 Å². The fraction of sp³-hybridized carbons (Fsp3) is 0.450. The smallest absolute Gasteiger partial charge is 0.122 e. The lowest BCUT2D eigenvalue weighted by Crippen LogP contribution is -2.61. The molecular formula is C20H24N2O2. The Labute approximate surface area is 143 Å². The highest BCUT2D eigenvalue weighted by molar-refractivity contribution is 5.37. The summed E-state index contributed by atoms with van der Waals surface area (Å²) >= 11 is 0. The number of nitrogens with zero attached hydrogens (tertiary/aromatic N) is 2. The van der Waals surface area contributed by atoms with Gasteiger partial charge in [-0.3, -0.25) is 4.98 Å². The maximum absolute atomic E-state index is 11.0. The van der Waals surface area contributed by atoms with Crippen LogP contribution in [0.3, 0.4) is 0 Å². The average molecular weight is 324 g/mol. The Morgan fingerprint density at radius 1 is 1.12 bits per heavy atom. The molecule has 0 aliphatic carbocycles. The lowest BCUT2D eigenvalue weighted by atomic mass is 9.76. The van der Waals surface area contributed by atoms with Crippen molar-refractivity contribution in [1.82, 2.24) is 9.88 Å². The molecule has 0 amide bonds. The summed E-state index contributed by atoms with van der Waals surface area (Å²) < 4.78 is 6.11. The van der Waals surface area contributed by atoms with Crippen LogP contribution >= 0.6 is 0 Å². The largest absolute Gasteiger partial charge is 0.490 e. The van der Waals surface area contributed by atoms with Crippen molar-refractivity contribution < 1.29 is 9.84 Å². The molecule has 1 atom stereocenters. The molecule has 2 aromatic rings. The number of benzene rings is 1. The molecule has 2 bridgehead atoms. The van der Waals surface area contributed by atoms with Gasteiger partial charge in [0.2, 0.25) is 0 Å². The highest BCUT2D eigenvalue weighted by Crippen LogP contribution is 2.36. The van der Waals surface area contributed by atoms with Gasteiger partial charge < -0.3 is 14.7 Å². The first-order valence-corrected chi connectivity index (χ1v) is 8.77. The third-order valence-corrected chi connectivity index (χ3v) is 5.44. The van der Waals surface area contributed by atoms with Gasteiger partial charge in [-0.15, -0.1) is 0 Å². The van der Waals surface area contributed by atoms with E-state index in [1.165, 1.54) is 5.56 Å². The van der Waals surface area contributed by atoms with Crippen molar-refractivity contribution in [2.24, 2.45) is 5.92 Å². The number of pyridine rings is 1. The topological polar surface area (TPSA) is 45.6 Å². The van der Waals surface area contributed by atoms with E-state index in [4.69, 9.17) is 4.74 Å². The molecule has 3 fully saturated rings. The van der Waals surface area contributed by atoms with Gasteiger partial charge in [0.25, 0.3) is 0 Å². The number of piperidine rings is 3. The monoisotopic (exact) mass is 324 g/mol. The molecule has 0 spiro atoms. The van der Waals surface area contributed by atoms with Crippen LogP contribution in [0.1, 0.15) is 24.0 Å². The average Bonchev–Trinajstić information content (AvgIpc) is 2.63. The number of hydrogen-bond acceptors (Lipinski definition) is 4. The van der Waals surface area contributed by atoms with Crippen LogP contribution in [-0.4, -0.2) is 46.8 Å². The maximum Gasteiger partial charge on any atom is 0.122 e. The standard InChI is InChI=1S/C20H24N2O2/c23-20(14-22-11-7-18(20)8-12-22)15-24-19-4-2-1-3-17(19)13-16-5-9-21-10-6-16/h1-6,9-10,18,23H,7-8,11-15H2. The van der Waals surface area contributed by atoms with Gasteiger partial charge in [-0.2, -0.15) is 0 Å². The molecule has 3 saturated heterocycles. The predicted molar refractivity (Wildman–Crippen MR) is 93.1 cm³/mol. The molecule has 4 nitrogen and oxygen atoms in total. The number of aliphatic hydroxyl groups is 1. The Kier molecular flexibility index (Phi) is 4.25. The van der Waals surface area contributed by atoms with Crippen molar-refractivity contribution in [3.8, 4) is 5.75 Å². The van der Waals surface area contributed by atoms with E-state index in [1.807, 2.05) is 42.7 Å². The summed E-state index contributed by atoms with van der Waals surface area (Å²) in [6.45, 7) is 3.35. The van der Waals surface area contributed by atoms with Crippen LogP contribution in [0.25, 0.3) is 0 Å². The molecule has 4 heteroatoms. The molecule has 1 unspecified atom stereocenters. The molecule has 0 saturated carbocycles. The third-order valence-electron chi connectivity index (χ3n) is 5.44. The van der Waals surface area contributed by atoms with E-state index in [0.717, 1.165) is 50.2 Å². The van der Waals surface area contributed by atoms with Gasteiger partial charge in [0.15, 0.2) is 0 Å². The zero-order valence-corrected chi connectivity index (χ0v) is 13.9. The fourth-order valence-corrected chi connectivity index (χ4v) is 4.02. The van der Waals surface area contributed by atoms with Gasteiger partial charge in [0, 0.05) is 25.4 Å². The van der Waals surface area contributed by atoms with Crippen molar-refractivity contribution in [3.63, 3.8) is 0 Å². The van der Waals surface area contributed by atoms with E-state index < -0.39 is 5.60 Å². The molecule has 1 aromatic heterocycles. The van der Waals surface area contributed by atoms with Gasteiger partial charge in [-0.1, -0.05) is 18.2 Å². The summed E-state index contributed by atoms with van der Waals surface area (Å²) in [5, 5.41) is 11.0. The van der Waals surface area contributed by atoms with Crippen LogP contribution in [0, 0.1) is 5.92 Å². The van der Waals surface area contributed by atoms with E-state index in [-0.39, 0.29) is 0 Å². The highest BCUT2D eigenvalue weighted by atomic mass is 16.5. The molecule has 3 aliphatic rings. The molecule has 126 valence electrons. The van der Waals surface area contributed by atoms with Crippen LogP contribution in [0.2, 0.25) is 0 Å². The first-order chi connectivity index (χ1) is 11.7. The SMILES string of the molecule is OC1(COc2ccccc2Cc2ccncc2)CN2CCC1CC2. The normalized spacial score (nSPS) is 28.7. The van der Waals surface area contributed by atoms with Gasteiger partial charge in [0.05, 0.1) is 0 Å². The van der Waals surface area contributed by atoms with Crippen molar-refractivity contribution in [3.05, 3.63) is 59.9 Å². The number of fused-ring (bicyclic) bond motifs is 3. The quantitative estimate of drug-likeness (QED) is 0.918. The Morgan fingerprint density at radius 2 is 1.88 bits per heavy atom. The van der Waals surface area contributed by atoms with E-state index in [9.17, 15) is 5.11 Å². The predicted octanol–water partition coefficient (Wildman–Crippen LogP) is 2.51. The van der Waals surface area contributed by atoms with Gasteiger partial charge in [0.1, 0.15) is 18.0 Å². The van der Waals surface area contributed by atoms with E-state index in [2.05, 4.69) is 16.0 Å². The molecule has 4 heterocycles.